The van der Waals surface area contributed by atoms with Crippen LogP contribution in [0, 0.1) is 6.92 Å². The molecule has 0 bridgehead atoms. The molecular weight excluding hydrogens is 168 g/mol. The van der Waals surface area contributed by atoms with Crippen LogP contribution >= 0.6 is 0 Å². The molecule has 0 radical (unpaired) electrons. The lowest BCUT2D eigenvalue weighted by Crippen LogP contribution is -2.28. The number of nitrogens with one attached hydrogen (secondary N) is 2. The number of aromatic nitrogens is 2. The van der Waals surface area contributed by atoms with E-state index >= 15 is 0 Å². The summed E-state index contributed by atoms with van der Waals surface area (Å²) in [5.41, 5.74) is 1.01. The van der Waals surface area contributed by atoms with Gasteiger partial charge in [-0.3, -0.25) is 10.00 Å². The molecular formula is C8H14N4O. The number of rotatable bonds is 2. The van der Waals surface area contributed by atoms with E-state index in [4.69, 9.17) is 0 Å². The van der Waals surface area contributed by atoms with Crippen molar-refractivity contribution in [1.29, 1.82) is 0 Å². The van der Waals surface area contributed by atoms with Gasteiger partial charge in [0.2, 0.25) is 0 Å². The standard InChI is InChI=1S/C8H14N4O/c1-4-9-8(13)10-7-5-6(2)12(3)11-7/h5H,4H2,1-3H3,(H2,9,10,11,13). The van der Waals surface area contributed by atoms with Gasteiger partial charge in [0.1, 0.15) is 0 Å². The molecule has 0 unspecified atom stereocenters. The fourth-order valence-corrected chi connectivity index (χ4v) is 0.943. The highest BCUT2D eigenvalue weighted by Crippen LogP contribution is 2.05. The molecule has 0 aliphatic rings. The summed E-state index contributed by atoms with van der Waals surface area (Å²) < 4.78 is 1.71. The Morgan fingerprint density at radius 1 is 1.69 bits per heavy atom. The van der Waals surface area contributed by atoms with Gasteiger partial charge < -0.3 is 5.32 Å². The van der Waals surface area contributed by atoms with Gasteiger partial charge in [0.25, 0.3) is 0 Å². The molecule has 2 N–H and O–H groups in total. The SMILES string of the molecule is CCNC(=O)Nc1cc(C)n(C)n1. The molecule has 0 spiro atoms. The fraction of sp³-hybridized carbons (Fsp3) is 0.500. The van der Waals surface area contributed by atoms with Crippen LogP contribution in [0.25, 0.3) is 0 Å². The van der Waals surface area contributed by atoms with Gasteiger partial charge >= 0.3 is 6.03 Å². The Hall–Kier alpha value is -1.52. The summed E-state index contributed by atoms with van der Waals surface area (Å²) >= 11 is 0. The molecule has 1 aromatic rings. The lowest BCUT2D eigenvalue weighted by atomic mass is 10.5. The lowest BCUT2D eigenvalue weighted by Gasteiger charge is -2.00. The number of carbonyl (C=O) groups excluding carboxylic acids is 1. The zero-order valence-electron chi connectivity index (χ0n) is 8.09. The second-order valence-corrected chi connectivity index (χ2v) is 2.78. The summed E-state index contributed by atoms with van der Waals surface area (Å²) in [7, 11) is 1.83. The van der Waals surface area contributed by atoms with Crippen molar-refractivity contribution < 1.29 is 4.79 Å². The predicted octanol–water partition coefficient (Wildman–Crippen LogP) is 0.870. The van der Waals surface area contributed by atoms with E-state index in [9.17, 15) is 4.79 Å². The lowest BCUT2D eigenvalue weighted by molar-refractivity contribution is 0.252. The number of hydrogen-bond donors (Lipinski definition) is 2. The third-order valence-corrected chi connectivity index (χ3v) is 1.69. The molecule has 5 nitrogen and oxygen atoms in total. The van der Waals surface area contributed by atoms with Gasteiger partial charge in [0, 0.05) is 25.4 Å². The van der Waals surface area contributed by atoms with Crippen LogP contribution in [0.5, 0.6) is 0 Å². The third kappa shape index (κ3) is 2.47. The van der Waals surface area contributed by atoms with Gasteiger partial charge in [-0.1, -0.05) is 0 Å². The average Bonchev–Trinajstić information content (AvgIpc) is 2.31. The third-order valence-electron chi connectivity index (χ3n) is 1.69. The molecule has 0 atom stereocenters. The smallest absolute Gasteiger partial charge is 0.320 e. The second kappa shape index (κ2) is 3.93. The number of nitrogens with zero attached hydrogens (tertiary/aromatic N) is 2. The summed E-state index contributed by atoms with van der Waals surface area (Å²) in [6.45, 7) is 4.40. The number of hydrogen-bond acceptors (Lipinski definition) is 2. The molecule has 0 aliphatic heterocycles. The Labute approximate surface area is 77.1 Å². The average molecular weight is 182 g/mol. The second-order valence-electron chi connectivity index (χ2n) is 2.78. The molecule has 1 rings (SSSR count). The van der Waals surface area contributed by atoms with Crippen molar-refractivity contribution in [3.8, 4) is 0 Å². The largest absolute Gasteiger partial charge is 0.338 e. The minimum absolute atomic E-state index is 0.222. The summed E-state index contributed by atoms with van der Waals surface area (Å²) in [5.74, 6) is 0.575. The topological polar surface area (TPSA) is 59.0 Å². The van der Waals surface area contributed by atoms with E-state index in [1.807, 2.05) is 27.0 Å². The van der Waals surface area contributed by atoms with Crippen LogP contribution < -0.4 is 10.6 Å². The van der Waals surface area contributed by atoms with E-state index < -0.39 is 0 Å². The normalized spacial score (nSPS) is 9.77. The first-order chi connectivity index (χ1) is 6.13. The molecule has 72 valence electrons. The summed E-state index contributed by atoms with van der Waals surface area (Å²) in [6.07, 6.45) is 0. The van der Waals surface area contributed by atoms with Crippen molar-refractivity contribution in [2.75, 3.05) is 11.9 Å². The van der Waals surface area contributed by atoms with E-state index in [0.717, 1.165) is 5.69 Å². The summed E-state index contributed by atoms with van der Waals surface area (Å²) in [5, 5.41) is 9.32. The Balaban J connectivity index is 2.59. The summed E-state index contributed by atoms with van der Waals surface area (Å²) in [4.78, 5) is 11.1. The number of aryl methyl sites for hydroxylation is 2. The van der Waals surface area contributed by atoms with Crippen molar-refractivity contribution in [2.45, 2.75) is 13.8 Å². The van der Waals surface area contributed by atoms with E-state index in [0.29, 0.717) is 12.4 Å². The van der Waals surface area contributed by atoms with Gasteiger partial charge in [-0.2, -0.15) is 5.10 Å². The van der Waals surface area contributed by atoms with Crippen LogP contribution in [0.1, 0.15) is 12.6 Å². The molecule has 5 heteroatoms. The van der Waals surface area contributed by atoms with E-state index in [1.54, 1.807) is 4.68 Å². The van der Waals surface area contributed by atoms with Crippen molar-refractivity contribution in [2.24, 2.45) is 7.05 Å². The van der Waals surface area contributed by atoms with Crippen molar-refractivity contribution in [1.82, 2.24) is 15.1 Å². The Kier molecular flexibility index (Phi) is 2.89. The molecule has 0 aromatic carbocycles. The number of carbonyl (C=O) groups is 1. The molecule has 13 heavy (non-hydrogen) atoms. The van der Waals surface area contributed by atoms with E-state index in [1.165, 1.54) is 0 Å². The first kappa shape index (κ1) is 9.57. The zero-order chi connectivity index (χ0) is 9.84. The monoisotopic (exact) mass is 182 g/mol. The van der Waals surface area contributed by atoms with Crippen LogP contribution in [-0.4, -0.2) is 22.4 Å². The Morgan fingerprint density at radius 3 is 2.85 bits per heavy atom. The van der Waals surface area contributed by atoms with Crippen LogP contribution in [0.3, 0.4) is 0 Å². The maximum atomic E-state index is 11.1. The molecule has 0 aliphatic carbocycles. The van der Waals surface area contributed by atoms with Crippen molar-refractivity contribution in [3.63, 3.8) is 0 Å². The predicted molar refractivity (Wildman–Crippen MR) is 50.6 cm³/mol. The summed E-state index contributed by atoms with van der Waals surface area (Å²) in [6, 6.07) is 1.59. The molecule has 2 amide bonds. The highest BCUT2D eigenvalue weighted by molar-refractivity contribution is 5.88. The van der Waals surface area contributed by atoms with Gasteiger partial charge in [-0.05, 0) is 13.8 Å². The quantitative estimate of drug-likeness (QED) is 0.713. The highest BCUT2D eigenvalue weighted by atomic mass is 16.2. The van der Waals surface area contributed by atoms with Crippen LogP contribution in [0.2, 0.25) is 0 Å². The van der Waals surface area contributed by atoms with Gasteiger partial charge in [-0.15, -0.1) is 0 Å². The molecule has 0 saturated heterocycles. The maximum absolute atomic E-state index is 11.1. The van der Waals surface area contributed by atoms with Gasteiger partial charge in [-0.25, -0.2) is 4.79 Å². The number of urea groups is 1. The first-order valence-electron chi connectivity index (χ1n) is 4.19. The molecule has 1 heterocycles. The molecule has 0 fully saturated rings. The van der Waals surface area contributed by atoms with Crippen LogP contribution in [0.4, 0.5) is 10.6 Å². The van der Waals surface area contributed by atoms with Crippen LogP contribution in [-0.2, 0) is 7.05 Å². The minimum Gasteiger partial charge on any atom is -0.338 e. The zero-order valence-corrected chi connectivity index (χ0v) is 8.09. The van der Waals surface area contributed by atoms with Gasteiger partial charge in [0.05, 0.1) is 0 Å². The molecule has 1 aromatic heterocycles. The van der Waals surface area contributed by atoms with Gasteiger partial charge in [0.15, 0.2) is 5.82 Å². The van der Waals surface area contributed by atoms with Crippen molar-refractivity contribution in [3.05, 3.63) is 11.8 Å². The Bertz CT molecular complexity index is 286. The van der Waals surface area contributed by atoms with Crippen LogP contribution in [0.15, 0.2) is 6.07 Å². The fourth-order valence-electron chi connectivity index (χ4n) is 0.943. The maximum Gasteiger partial charge on any atom is 0.320 e. The first-order valence-corrected chi connectivity index (χ1v) is 4.19. The van der Waals surface area contributed by atoms with Crippen molar-refractivity contribution >= 4 is 11.8 Å². The highest BCUT2D eigenvalue weighted by Gasteiger charge is 2.03. The minimum atomic E-state index is -0.222. The number of anilines is 1. The van der Waals surface area contributed by atoms with E-state index in [2.05, 4.69) is 15.7 Å². The molecule has 0 saturated carbocycles. The van der Waals surface area contributed by atoms with E-state index in [-0.39, 0.29) is 6.03 Å². The Morgan fingerprint density at radius 2 is 2.38 bits per heavy atom. The number of amides is 2.